The van der Waals surface area contributed by atoms with Crippen molar-refractivity contribution in [1.29, 1.82) is 0 Å². The predicted molar refractivity (Wildman–Crippen MR) is 75.4 cm³/mol. The fourth-order valence-electron chi connectivity index (χ4n) is 1.45. The Balaban J connectivity index is 4.64. The van der Waals surface area contributed by atoms with Crippen molar-refractivity contribution in [3.8, 4) is 0 Å². The first-order valence-corrected chi connectivity index (χ1v) is 6.69. The first kappa shape index (κ1) is 18.2. The molecule has 0 aliphatic carbocycles. The molecule has 0 aliphatic heterocycles. The zero-order chi connectivity index (χ0) is 15.9. The zero-order valence-electron chi connectivity index (χ0n) is 12.8. The van der Waals surface area contributed by atoms with Gasteiger partial charge in [0.2, 0.25) is 5.91 Å². The third kappa shape index (κ3) is 5.90. The average Bonchev–Trinajstić information content (AvgIpc) is 2.36. The van der Waals surface area contributed by atoms with Crippen LogP contribution in [-0.2, 0) is 9.59 Å². The third-order valence-corrected chi connectivity index (χ3v) is 3.10. The molecule has 0 fully saturated rings. The molecule has 7 heteroatoms. The fourth-order valence-corrected chi connectivity index (χ4v) is 1.45. The van der Waals surface area contributed by atoms with E-state index < -0.39 is 24.0 Å². The van der Waals surface area contributed by atoms with Gasteiger partial charge in [-0.2, -0.15) is 0 Å². The minimum Gasteiger partial charge on any atom is -0.481 e. The first-order valence-electron chi connectivity index (χ1n) is 6.69. The summed E-state index contributed by atoms with van der Waals surface area (Å²) in [6.45, 7) is 5.50. The summed E-state index contributed by atoms with van der Waals surface area (Å²) in [4.78, 5) is 37.4. The summed E-state index contributed by atoms with van der Waals surface area (Å²) in [5.41, 5.74) is 0. The highest BCUT2D eigenvalue weighted by Gasteiger charge is 2.24. The standard InChI is InChI=1S/C13H25N3O4/c1-6-7-16(8-11(17)15(4)5)13(20)14-10(3)9(2)12(18)19/h9-10H,6-8H2,1-5H3,(H,14,20)(H,18,19). The Morgan fingerprint density at radius 1 is 1.20 bits per heavy atom. The smallest absolute Gasteiger partial charge is 0.318 e. The summed E-state index contributed by atoms with van der Waals surface area (Å²) in [7, 11) is 3.25. The number of likely N-dealkylation sites (N-methyl/N-ethyl adjacent to an activating group) is 1. The minimum absolute atomic E-state index is 0.0130. The lowest BCUT2D eigenvalue weighted by molar-refractivity contribution is -0.141. The van der Waals surface area contributed by atoms with Gasteiger partial charge in [0.1, 0.15) is 6.54 Å². The molecule has 0 saturated heterocycles. The Hall–Kier alpha value is -1.79. The van der Waals surface area contributed by atoms with E-state index >= 15 is 0 Å². The van der Waals surface area contributed by atoms with E-state index in [2.05, 4.69) is 5.32 Å². The van der Waals surface area contributed by atoms with Crippen LogP contribution < -0.4 is 5.32 Å². The second-order valence-electron chi connectivity index (χ2n) is 5.07. The number of carboxylic acids is 1. The Kier molecular flexibility index (Phi) is 7.64. The molecule has 0 aliphatic rings. The molecule has 0 bridgehead atoms. The molecule has 0 spiro atoms. The Morgan fingerprint density at radius 3 is 2.15 bits per heavy atom. The van der Waals surface area contributed by atoms with Gasteiger partial charge < -0.3 is 20.2 Å². The van der Waals surface area contributed by atoms with Crippen molar-refractivity contribution in [1.82, 2.24) is 15.1 Å². The number of hydrogen-bond donors (Lipinski definition) is 2. The summed E-state index contributed by atoms with van der Waals surface area (Å²) >= 11 is 0. The van der Waals surface area contributed by atoms with E-state index in [0.29, 0.717) is 6.54 Å². The molecule has 0 radical (unpaired) electrons. The maximum Gasteiger partial charge on any atom is 0.318 e. The lowest BCUT2D eigenvalue weighted by atomic mass is 10.0. The lowest BCUT2D eigenvalue weighted by Crippen LogP contribution is -2.50. The molecule has 2 N–H and O–H groups in total. The largest absolute Gasteiger partial charge is 0.481 e. The summed E-state index contributed by atoms with van der Waals surface area (Å²) < 4.78 is 0. The zero-order valence-corrected chi connectivity index (χ0v) is 12.8. The SMILES string of the molecule is CCCN(CC(=O)N(C)C)C(=O)NC(C)C(C)C(=O)O. The number of carbonyl (C=O) groups is 3. The van der Waals surface area contributed by atoms with Gasteiger partial charge in [-0.1, -0.05) is 6.92 Å². The number of rotatable bonds is 7. The Morgan fingerprint density at radius 2 is 1.75 bits per heavy atom. The van der Waals surface area contributed by atoms with Gasteiger partial charge >= 0.3 is 12.0 Å². The molecule has 0 saturated carbocycles. The van der Waals surface area contributed by atoms with Crippen molar-refractivity contribution >= 4 is 17.9 Å². The monoisotopic (exact) mass is 287 g/mol. The number of amides is 3. The molecule has 116 valence electrons. The molecule has 0 aromatic carbocycles. The van der Waals surface area contributed by atoms with Gasteiger partial charge in [-0.25, -0.2) is 4.79 Å². The fraction of sp³-hybridized carbons (Fsp3) is 0.769. The molecule has 7 nitrogen and oxygen atoms in total. The molecule has 0 aromatic heterocycles. The van der Waals surface area contributed by atoms with Gasteiger partial charge in [-0.3, -0.25) is 9.59 Å². The van der Waals surface area contributed by atoms with E-state index in [1.54, 1.807) is 21.0 Å². The second-order valence-corrected chi connectivity index (χ2v) is 5.07. The second kappa shape index (κ2) is 8.39. The molecule has 0 heterocycles. The van der Waals surface area contributed by atoms with E-state index in [-0.39, 0.29) is 12.5 Å². The molecule has 0 aromatic rings. The number of carboxylic acid groups (broad SMARTS) is 1. The maximum absolute atomic E-state index is 12.1. The van der Waals surface area contributed by atoms with Crippen LogP contribution in [0.15, 0.2) is 0 Å². The van der Waals surface area contributed by atoms with Gasteiger partial charge in [-0.15, -0.1) is 0 Å². The molecular weight excluding hydrogens is 262 g/mol. The molecule has 0 rings (SSSR count). The van der Waals surface area contributed by atoms with Crippen molar-refractivity contribution in [3.05, 3.63) is 0 Å². The van der Waals surface area contributed by atoms with E-state index in [1.807, 2.05) is 6.92 Å². The quantitative estimate of drug-likeness (QED) is 0.717. The van der Waals surface area contributed by atoms with Crippen LogP contribution in [0.5, 0.6) is 0 Å². The number of nitrogens with one attached hydrogen (secondary N) is 1. The van der Waals surface area contributed by atoms with Crippen LogP contribution in [0.25, 0.3) is 0 Å². The Labute approximate surface area is 119 Å². The highest BCUT2D eigenvalue weighted by molar-refractivity contribution is 5.84. The summed E-state index contributed by atoms with van der Waals surface area (Å²) in [5.74, 6) is -1.83. The molecule has 2 atom stereocenters. The van der Waals surface area contributed by atoms with Crippen LogP contribution in [0.4, 0.5) is 4.79 Å². The number of aliphatic carboxylic acids is 1. The number of hydrogen-bond acceptors (Lipinski definition) is 3. The first-order chi connectivity index (χ1) is 9.20. The third-order valence-electron chi connectivity index (χ3n) is 3.10. The van der Waals surface area contributed by atoms with Gasteiger partial charge in [0.15, 0.2) is 0 Å². The van der Waals surface area contributed by atoms with Crippen molar-refractivity contribution < 1.29 is 19.5 Å². The highest BCUT2D eigenvalue weighted by atomic mass is 16.4. The van der Waals surface area contributed by atoms with E-state index in [9.17, 15) is 14.4 Å². The van der Waals surface area contributed by atoms with Gasteiger partial charge in [0.05, 0.1) is 5.92 Å². The highest BCUT2D eigenvalue weighted by Crippen LogP contribution is 2.04. The van der Waals surface area contributed by atoms with Crippen molar-refractivity contribution in [2.45, 2.75) is 33.2 Å². The van der Waals surface area contributed by atoms with Crippen LogP contribution in [0.3, 0.4) is 0 Å². The normalized spacial score (nSPS) is 13.2. The number of nitrogens with zero attached hydrogens (tertiary/aromatic N) is 2. The van der Waals surface area contributed by atoms with Crippen LogP contribution in [0, 0.1) is 5.92 Å². The number of urea groups is 1. The maximum atomic E-state index is 12.1. The summed E-state index contributed by atoms with van der Waals surface area (Å²) in [5, 5.41) is 11.5. The molecule has 3 amide bonds. The molecule has 20 heavy (non-hydrogen) atoms. The van der Waals surface area contributed by atoms with Crippen LogP contribution in [-0.4, -0.2) is 66.0 Å². The van der Waals surface area contributed by atoms with Crippen LogP contribution >= 0.6 is 0 Å². The van der Waals surface area contributed by atoms with Crippen molar-refractivity contribution in [3.63, 3.8) is 0 Å². The van der Waals surface area contributed by atoms with Gasteiger partial charge in [-0.05, 0) is 20.3 Å². The van der Waals surface area contributed by atoms with Crippen molar-refractivity contribution in [2.24, 2.45) is 5.92 Å². The van der Waals surface area contributed by atoms with Gasteiger partial charge in [0.25, 0.3) is 0 Å². The minimum atomic E-state index is -0.968. The number of carbonyl (C=O) groups excluding carboxylic acids is 2. The Bertz CT molecular complexity index is 358. The predicted octanol–water partition coefficient (Wildman–Crippen LogP) is 0.605. The summed E-state index contributed by atoms with van der Waals surface area (Å²) in [6.07, 6.45) is 0.719. The molecular formula is C13H25N3O4. The van der Waals surface area contributed by atoms with Gasteiger partial charge in [0, 0.05) is 26.7 Å². The van der Waals surface area contributed by atoms with E-state index in [0.717, 1.165) is 6.42 Å². The topological polar surface area (TPSA) is 90.0 Å². The van der Waals surface area contributed by atoms with E-state index in [4.69, 9.17) is 5.11 Å². The average molecular weight is 287 g/mol. The summed E-state index contributed by atoms with van der Waals surface area (Å²) in [6, 6.07) is -0.920. The molecule has 2 unspecified atom stereocenters. The van der Waals surface area contributed by atoms with E-state index in [1.165, 1.54) is 16.7 Å². The van der Waals surface area contributed by atoms with Crippen molar-refractivity contribution in [2.75, 3.05) is 27.2 Å². The van der Waals surface area contributed by atoms with Crippen LogP contribution in [0.1, 0.15) is 27.2 Å². The van der Waals surface area contributed by atoms with Crippen LogP contribution in [0.2, 0.25) is 0 Å². The lowest BCUT2D eigenvalue weighted by Gasteiger charge is -2.26.